The molecule has 4 heterocycles. The Balaban J connectivity index is 1.52. The number of hydrogen-bond acceptors (Lipinski definition) is 10. The van der Waals surface area contributed by atoms with Crippen molar-refractivity contribution in [2.75, 3.05) is 13.4 Å². The van der Waals surface area contributed by atoms with Crippen LogP contribution in [0.5, 0.6) is 0 Å². The quantitative estimate of drug-likeness (QED) is 0.486. The summed E-state index contributed by atoms with van der Waals surface area (Å²) in [5.74, 6) is -2.07. The van der Waals surface area contributed by atoms with Gasteiger partial charge in [-0.1, -0.05) is 21.6 Å². The van der Waals surface area contributed by atoms with Crippen LogP contribution in [0.3, 0.4) is 0 Å². The number of aliphatic hydroxyl groups excluding tert-OH is 2. The molecule has 0 unspecified atom stereocenters. The number of methoxy groups -OCH3 is 1. The van der Waals surface area contributed by atoms with Gasteiger partial charge < -0.3 is 24.7 Å². The Bertz CT molecular complexity index is 950. The Kier molecular flexibility index (Phi) is 4.67. The second kappa shape index (κ2) is 6.88. The molecule has 0 aromatic heterocycles. The van der Waals surface area contributed by atoms with Crippen molar-refractivity contribution >= 4 is 56.7 Å². The zero-order valence-electron chi connectivity index (χ0n) is 17.5. The number of carbonyl (C=O) groups excluding carboxylic acids is 4. The largest absolute Gasteiger partial charge is 0.390 e. The van der Waals surface area contributed by atoms with E-state index in [0.29, 0.717) is 0 Å². The summed E-state index contributed by atoms with van der Waals surface area (Å²) >= 11 is 1.19. The first-order valence-corrected chi connectivity index (χ1v) is 14.2. The maximum absolute atomic E-state index is 14.3. The fraction of sp³-hybridized carbons (Fsp3) is 0.800. The van der Waals surface area contributed by atoms with Crippen molar-refractivity contribution in [2.45, 2.75) is 71.1 Å². The Hall–Kier alpha value is -0.790. The van der Waals surface area contributed by atoms with Crippen LogP contribution in [0.4, 0.5) is 0 Å². The summed E-state index contributed by atoms with van der Waals surface area (Å²) < 4.78 is 5.35. The maximum atomic E-state index is 14.3. The van der Waals surface area contributed by atoms with Crippen molar-refractivity contribution in [1.29, 1.82) is 0 Å². The van der Waals surface area contributed by atoms with E-state index in [1.165, 1.54) is 50.3 Å². The molecule has 6 aliphatic rings. The van der Waals surface area contributed by atoms with E-state index >= 15 is 0 Å². The van der Waals surface area contributed by atoms with Crippen LogP contribution in [-0.2, 0) is 23.9 Å². The monoisotopic (exact) mass is 500 g/mol. The Morgan fingerprint density at radius 2 is 1.62 bits per heavy atom. The highest BCUT2D eigenvalue weighted by molar-refractivity contribution is 8.77. The molecule has 12 heteroatoms. The summed E-state index contributed by atoms with van der Waals surface area (Å²) in [6.07, 6.45) is -0.463. The van der Waals surface area contributed by atoms with Crippen LogP contribution in [0.25, 0.3) is 0 Å². The minimum Gasteiger partial charge on any atom is -0.390 e. The first-order chi connectivity index (χ1) is 15.2. The minimum absolute atomic E-state index is 0.0176. The zero-order valence-corrected chi connectivity index (χ0v) is 20.0. The van der Waals surface area contributed by atoms with Gasteiger partial charge in [-0.25, -0.2) is 0 Å². The number of fused-ring (bicyclic) bond motifs is 4. The van der Waals surface area contributed by atoms with Crippen LogP contribution < -0.4 is 0 Å². The molecule has 6 fully saturated rings. The summed E-state index contributed by atoms with van der Waals surface area (Å²) in [6.45, 7) is 0. The van der Waals surface area contributed by atoms with Gasteiger partial charge in [0.1, 0.15) is 17.7 Å². The van der Waals surface area contributed by atoms with Gasteiger partial charge in [0.25, 0.3) is 11.8 Å². The van der Waals surface area contributed by atoms with E-state index in [4.69, 9.17) is 4.74 Å². The molecule has 0 spiro atoms. The SMILES string of the molecule is CO[C@H]1CC(=O)[C@@H]2C[C@@]3(SC)C(=O)N4[C@@H]5[C@@H](O)[C@H]6CC(=O)[C@@H]5C[C@@]4(SS6)C(=O)N3[C@@H]2[C@H]1O. The number of carbonyl (C=O) groups is 4. The van der Waals surface area contributed by atoms with Crippen LogP contribution in [-0.4, -0.2) is 102 Å². The van der Waals surface area contributed by atoms with Gasteiger partial charge in [0.2, 0.25) is 0 Å². The molecular weight excluding hydrogens is 476 g/mol. The molecular formula is C20H24N2O7S3. The minimum atomic E-state index is -1.35. The molecule has 2 aliphatic carbocycles. The molecule has 2 saturated carbocycles. The summed E-state index contributed by atoms with van der Waals surface area (Å²) in [5.41, 5.74) is 0. The number of nitrogens with zero attached hydrogens (tertiary/aromatic N) is 2. The van der Waals surface area contributed by atoms with Crippen molar-refractivity contribution in [1.82, 2.24) is 9.80 Å². The number of piperazine rings is 1. The van der Waals surface area contributed by atoms with E-state index in [9.17, 15) is 29.4 Å². The number of hydrogen-bond donors (Lipinski definition) is 2. The number of Topliss-reactive ketones (excluding diaryl/α,β-unsaturated/α-hetero) is 2. The third kappa shape index (κ3) is 2.31. The Morgan fingerprint density at radius 3 is 2.31 bits per heavy atom. The van der Waals surface area contributed by atoms with Gasteiger partial charge in [0.05, 0.1) is 29.5 Å². The summed E-state index contributed by atoms with van der Waals surface area (Å²) in [5, 5.41) is 21.8. The van der Waals surface area contributed by atoms with E-state index < -0.39 is 52.0 Å². The molecule has 32 heavy (non-hydrogen) atoms. The number of amides is 2. The van der Waals surface area contributed by atoms with Crippen LogP contribution in [0.15, 0.2) is 0 Å². The van der Waals surface area contributed by atoms with E-state index in [1.807, 2.05) is 0 Å². The average Bonchev–Trinajstić information content (AvgIpc) is 3.30. The Morgan fingerprint density at radius 1 is 0.969 bits per heavy atom. The molecule has 174 valence electrons. The van der Waals surface area contributed by atoms with Crippen molar-refractivity contribution in [3.05, 3.63) is 0 Å². The van der Waals surface area contributed by atoms with Crippen LogP contribution in [0.1, 0.15) is 25.7 Å². The fourth-order valence-corrected chi connectivity index (χ4v) is 11.4. The molecule has 2 N–H and O–H groups in total. The number of thioether (sulfide) groups is 1. The molecule has 3 bridgehead atoms. The predicted octanol–water partition coefficient (Wildman–Crippen LogP) is -0.364. The molecule has 2 amide bonds. The van der Waals surface area contributed by atoms with Gasteiger partial charge in [-0.3, -0.25) is 19.2 Å². The fourth-order valence-electron chi connectivity index (χ4n) is 6.84. The lowest BCUT2D eigenvalue weighted by atomic mass is 9.79. The Labute approximate surface area is 196 Å². The summed E-state index contributed by atoms with van der Waals surface area (Å²) in [6, 6.07) is -1.59. The van der Waals surface area contributed by atoms with Crippen molar-refractivity contribution in [3.8, 4) is 0 Å². The lowest BCUT2D eigenvalue weighted by Gasteiger charge is -2.54. The highest BCUT2D eigenvalue weighted by Crippen LogP contribution is 2.65. The first kappa shape index (κ1) is 21.7. The molecule has 0 radical (unpaired) electrons. The number of rotatable bonds is 2. The molecule has 0 aromatic carbocycles. The third-order valence-corrected chi connectivity index (χ3v) is 13.0. The molecule has 4 aliphatic heterocycles. The molecule has 6 rings (SSSR count). The smallest absolute Gasteiger partial charge is 0.261 e. The van der Waals surface area contributed by atoms with Gasteiger partial charge in [-0.2, -0.15) is 0 Å². The highest BCUT2D eigenvalue weighted by Gasteiger charge is 2.77. The van der Waals surface area contributed by atoms with Crippen molar-refractivity contribution < 1.29 is 34.1 Å². The first-order valence-electron chi connectivity index (χ1n) is 10.7. The van der Waals surface area contributed by atoms with Crippen molar-refractivity contribution in [3.63, 3.8) is 0 Å². The second-order valence-electron chi connectivity index (χ2n) is 9.54. The number of ketones is 2. The van der Waals surface area contributed by atoms with E-state index in [1.54, 1.807) is 6.26 Å². The van der Waals surface area contributed by atoms with Crippen LogP contribution in [0, 0.1) is 11.8 Å². The van der Waals surface area contributed by atoms with Gasteiger partial charge in [-0.05, 0) is 6.26 Å². The topological polar surface area (TPSA) is 124 Å². The molecule has 4 saturated heterocycles. The maximum Gasteiger partial charge on any atom is 0.261 e. The molecule has 10 atom stereocenters. The average molecular weight is 501 g/mol. The molecule has 9 nitrogen and oxygen atoms in total. The van der Waals surface area contributed by atoms with E-state index in [-0.39, 0.29) is 54.3 Å². The molecule has 0 aromatic rings. The van der Waals surface area contributed by atoms with Crippen molar-refractivity contribution in [2.24, 2.45) is 11.8 Å². The van der Waals surface area contributed by atoms with Gasteiger partial charge >= 0.3 is 0 Å². The summed E-state index contributed by atoms with van der Waals surface area (Å²) in [4.78, 5) is 54.6. The highest BCUT2D eigenvalue weighted by atomic mass is 33.1. The van der Waals surface area contributed by atoms with E-state index in [2.05, 4.69) is 0 Å². The normalized spacial score (nSPS) is 51.6. The third-order valence-electron chi connectivity index (χ3n) is 8.34. The van der Waals surface area contributed by atoms with Crippen LogP contribution >= 0.6 is 33.3 Å². The zero-order chi connectivity index (χ0) is 22.7. The second-order valence-corrected chi connectivity index (χ2v) is 13.3. The predicted molar refractivity (Wildman–Crippen MR) is 117 cm³/mol. The van der Waals surface area contributed by atoms with E-state index in [0.717, 1.165) is 0 Å². The number of aliphatic hydroxyl groups is 2. The van der Waals surface area contributed by atoms with Gasteiger partial charge in [0, 0.05) is 44.6 Å². The van der Waals surface area contributed by atoms with Gasteiger partial charge in [-0.15, -0.1) is 11.8 Å². The van der Waals surface area contributed by atoms with Gasteiger partial charge in [0.15, 0.2) is 9.74 Å². The lowest BCUT2D eigenvalue weighted by molar-refractivity contribution is -0.173. The lowest BCUT2D eigenvalue weighted by Crippen LogP contribution is -2.75. The summed E-state index contributed by atoms with van der Waals surface area (Å²) in [7, 11) is 3.98. The standard InChI is InChI=1S/C20H24N2O7S3/c1-29-11-3-9(23)7-5-19(30-2)17(27)22-14-8-6-20(22,18(28)21(19)13(7)15(11)25)32-31-12(16(14)26)4-10(8)24/h7-8,11-16,25-26H,3-6H2,1-2H3/t7-,8-,11-,12+,13-,14-,15-,16-,19+,20+/m0/s1. The number of ether oxygens (including phenoxy) is 1. The van der Waals surface area contributed by atoms with Crippen LogP contribution in [0.2, 0.25) is 0 Å².